The molecule has 0 fully saturated rings. The fourth-order valence-electron chi connectivity index (χ4n) is 2.02. The molecular weight excluding hydrogens is 268 g/mol. The van der Waals surface area contributed by atoms with Gasteiger partial charge in [0.05, 0.1) is 13.3 Å². The molecule has 1 heterocycles. The van der Waals surface area contributed by atoms with Crippen LogP contribution in [-0.4, -0.2) is 28.1 Å². The molecule has 0 saturated heterocycles. The van der Waals surface area contributed by atoms with Gasteiger partial charge in [0.1, 0.15) is 12.3 Å². The molecule has 1 atom stereocenters. The Hall–Kier alpha value is -2.08. The summed E-state index contributed by atoms with van der Waals surface area (Å²) in [6, 6.07) is 6.06. The van der Waals surface area contributed by atoms with Crippen LogP contribution in [0.15, 0.2) is 24.4 Å². The molecule has 0 saturated carbocycles. The first-order valence-corrected chi connectivity index (χ1v) is 7.02. The Bertz CT molecular complexity index is 583. The molecule has 0 bridgehead atoms. The van der Waals surface area contributed by atoms with Gasteiger partial charge >= 0.3 is 0 Å². The first kappa shape index (κ1) is 15.3. The van der Waals surface area contributed by atoms with Crippen molar-refractivity contribution in [2.45, 2.75) is 32.4 Å². The van der Waals surface area contributed by atoms with Crippen molar-refractivity contribution in [3.8, 4) is 11.5 Å². The molecule has 2 aromatic rings. The van der Waals surface area contributed by atoms with E-state index in [1.54, 1.807) is 11.8 Å². The second-order valence-electron chi connectivity index (χ2n) is 5.03. The van der Waals surface area contributed by atoms with Gasteiger partial charge in [0.2, 0.25) is 0 Å². The molecule has 2 rings (SSSR count). The lowest BCUT2D eigenvalue weighted by atomic mass is 10.0. The van der Waals surface area contributed by atoms with Crippen LogP contribution in [-0.2, 0) is 20.1 Å². The van der Waals surface area contributed by atoms with E-state index in [1.807, 2.05) is 31.4 Å². The van der Waals surface area contributed by atoms with Gasteiger partial charge in [0.15, 0.2) is 11.5 Å². The lowest BCUT2D eigenvalue weighted by Gasteiger charge is -2.13. The number of aryl methyl sites for hydroxylation is 1. The molecule has 21 heavy (non-hydrogen) atoms. The van der Waals surface area contributed by atoms with Gasteiger partial charge in [-0.25, -0.2) is 0 Å². The molecule has 6 heteroatoms. The minimum Gasteiger partial charge on any atom is -0.493 e. The third-order valence-corrected chi connectivity index (χ3v) is 3.28. The molecule has 2 N–H and O–H groups in total. The van der Waals surface area contributed by atoms with Crippen molar-refractivity contribution < 1.29 is 9.47 Å². The fourth-order valence-corrected chi connectivity index (χ4v) is 2.02. The molecule has 114 valence electrons. The quantitative estimate of drug-likeness (QED) is 0.839. The first-order chi connectivity index (χ1) is 10.1. The maximum absolute atomic E-state index is 6.00. The van der Waals surface area contributed by atoms with Crippen molar-refractivity contribution in [1.29, 1.82) is 0 Å². The summed E-state index contributed by atoms with van der Waals surface area (Å²) in [5.74, 6) is 1.40. The minimum absolute atomic E-state index is 0.159. The van der Waals surface area contributed by atoms with E-state index in [2.05, 4.69) is 17.2 Å². The van der Waals surface area contributed by atoms with E-state index in [1.165, 1.54) is 0 Å². The second-order valence-corrected chi connectivity index (χ2v) is 5.03. The zero-order valence-electron chi connectivity index (χ0n) is 12.7. The standard InChI is InChI=1S/C15H22N4O2/c1-4-12(16)7-11-5-6-14(20-3)15(8-11)21-10-13-9-19(2)18-17-13/h5-6,8-9,12H,4,7,10,16H2,1-3H3. The Kier molecular flexibility index (Phi) is 5.16. The second kappa shape index (κ2) is 7.08. The lowest BCUT2D eigenvalue weighted by Crippen LogP contribution is -2.21. The zero-order valence-corrected chi connectivity index (χ0v) is 12.7. The summed E-state index contributed by atoms with van der Waals surface area (Å²) >= 11 is 0. The summed E-state index contributed by atoms with van der Waals surface area (Å²) in [7, 11) is 3.45. The van der Waals surface area contributed by atoms with E-state index in [-0.39, 0.29) is 6.04 Å². The van der Waals surface area contributed by atoms with E-state index >= 15 is 0 Å². The number of benzene rings is 1. The highest BCUT2D eigenvalue weighted by Crippen LogP contribution is 2.29. The van der Waals surface area contributed by atoms with Crippen LogP contribution < -0.4 is 15.2 Å². The average Bonchev–Trinajstić information content (AvgIpc) is 2.90. The van der Waals surface area contributed by atoms with Crippen LogP contribution in [0.5, 0.6) is 11.5 Å². The average molecular weight is 290 g/mol. The maximum atomic E-state index is 6.00. The van der Waals surface area contributed by atoms with Gasteiger partial charge in [-0.05, 0) is 30.5 Å². The van der Waals surface area contributed by atoms with Crippen molar-refractivity contribution in [1.82, 2.24) is 15.0 Å². The predicted molar refractivity (Wildman–Crippen MR) is 80.3 cm³/mol. The largest absolute Gasteiger partial charge is 0.493 e. The Morgan fingerprint density at radius 2 is 2.14 bits per heavy atom. The summed E-state index contributed by atoms with van der Waals surface area (Å²) in [5.41, 5.74) is 7.91. The summed E-state index contributed by atoms with van der Waals surface area (Å²) in [6.07, 6.45) is 3.59. The number of rotatable bonds is 7. The summed E-state index contributed by atoms with van der Waals surface area (Å²) in [4.78, 5) is 0. The van der Waals surface area contributed by atoms with Gasteiger partial charge in [-0.3, -0.25) is 4.68 Å². The Morgan fingerprint density at radius 1 is 1.33 bits per heavy atom. The Balaban J connectivity index is 2.09. The number of ether oxygens (including phenoxy) is 2. The van der Waals surface area contributed by atoms with E-state index in [4.69, 9.17) is 15.2 Å². The highest BCUT2D eigenvalue weighted by Gasteiger charge is 2.09. The molecule has 0 aliphatic carbocycles. The fraction of sp³-hybridized carbons (Fsp3) is 0.467. The van der Waals surface area contributed by atoms with Crippen LogP contribution in [0.2, 0.25) is 0 Å². The monoisotopic (exact) mass is 290 g/mol. The van der Waals surface area contributed by atoms with Crippen LogP contribution in [0.1, 0.15) is 24.6 Å². The molecule has 0 amide bonds. The molecule has 0 radical (unpaired) electrons. The van der Waals surface area contributed by atoms with Crippen LogP contribution in [0.3, 0.4) is 0 Å². The summed E-state index contributed by atoms with van der Waals surface area (Å²) < 4.78 is 12.8. The van der Waals surface area contributed by atoms with Crippen molar-refractivity contribution >= 4 is 0 Å². The van der Waals surface area contributed by atoms with Crippen LogP contribution in [0.4, 0.5) is 0 Å². The highest BCUT2D eigenvalue weighted by atomic mass is 16.5. The number of nitrogens with zero attached hydrogens (tertiary/aromatic N) is 3. The Labute approximate surface area is 124 Å². The maximum Gasteiger partial charge on any atom is 0.162 e. The predicted octanol–water partition coefficient (Wildman–Crippen LogP) is 1.68. The van der Waals surface area contributed by atoms with Crippen LogP contribution >= 0.6 is 0 Å². The minimum atomic E-state index is 0.159. The molecular formula is C15H22N4O2. The van der Waals surface area contributed by atoms with Crippen molar-refractivity contribution in [3.05, 3.63) is 35.7 Å². The third-order valence-electron chi connectivity index (χ3n) is 3.28. The van der Waals surface area contributed by atoms with E-state index < -0.39 is 0 Å². The third kappa shape index (κ3) is 4.19. The normalized spacial score (nSPS) is 12.2. The van der Waals surface area contributed by atoms with Crippen LogP contribution in [0.25, 0.3) is 0 Å². The smallest absolute Gasteiger partial charge is 0.162 e. The van der Waals surface area contributed by atoms with Gasteiger partial charge in [-0.1, -0.05) is 18.2 Å². The molecule has 0 spiro atoms. The number of nitrogens with two attached hydrogens (primary N) is 1. The van der Waals surface area contributed by atoms with Gasteiger partial charge in [-0.2, -0.15) is 0 Å². The zero-order chi connectivity index (χ0) is 15.2. The van der Waals surface area contributed by atoms with E-state index in [0.717, 1.165) is 24.1 Å². The van der Waals surface area contributed by atoms with Crippen LogP contribution in [0, 0.1) is 0 Å². The summed E-state index contributed by atoms with van der Waals surface area (Å²) in [5, 5.41) is 7.88. The summed E-state index contributed by atoms with van der Waals surface area (Å²) in [6.45, 7) is 2.44. The van der Waals surface area contributed by atoms with Crippen molar-refractivity contribution in [2.75, 3.05) is 7.11 Å². The van der Waals surface area contributed by atoms with Gasteiger partial charge < -0.3 is 15.2 Å². The SMILES string of the molecule is CCC(N)Cc1ccc(OC)c(OCc2cn(C)nn2)c1. The number of methoxy groups -OCH3 is 1. The molecule has 1 aromatic heterocycles. The number of hydrogen-bond acceptors (Lipinski definition) is 5. The topological polar surface area (TPSA) is 75.2 Å². The lowest BCUT2D eigenvalue weighted by molar-refractivity contribution is 0.280. The van der Waals surface area contributed by atoms with Gasteiger partial charge in [0, 0.05) is 13.1 Å². The van der Waals surface area contributed by atoms with Gasteiger partial charge in [0.25, 0.3) is 0 Å². The first-order valence-electron chi connectivity index (χ1n) is 7.02. The van der Waals surface area contributed by atoms with Gasteiger partial charge in [-0.15, -0.1) is 5.10 Å². The molecule has 6 nitrogen and oxygen atoms in total. The van der Waals surface area contributed by atoms with E-state index in [9.17, 15) is 0 Å². The molecule has 0 aliphatic rings. The molecule has 1 unspecified atom stereocenters. The Morgan fingerprint density at radius 3 is 2.76 bits per heavy atom. The number of aromatic nitrogens is 3. The number of hydrogen-bond donors (Lipinski definition) is 1. The van der Waals surface area contributed by atoms with Crippen molar-refractivity contribution in [3.63, 3.8) is 0 Å². The van der Waals surface area contributed by atoms with E-state index in [0.29, 0.717) is 18.1 Å². The molecule has 0 aliphatic heterocycles. The van der Waals surface area contributed by atoms with Crippen molar-refractivity contribution in [2.24, 2.45) is 12.8 Å². The highest BCUT2D eigenvalue weighted by molar-refractivity contribution is 5.43. The molecule has 1 aromatic carbocycles.